The van der Waals surface area contributed by atoms with Crippen LogP contribution in [0.15, 0.2) is 54.6 Å². The molecule has 0 saturated carbocycles. The van der Waals surface area contributed by atoms with Crippen molar-refractivity contribution in [2.45, 2.75) is 0 Å². The lowest BCUT2D eigenvalue weighted by Gasteiger charge is -2.12. The molecule has 1 aromatic heterocycles. The Balaban J connectivity index is 0.00000320. The van der Waals surface area contributed by atoms with Crippen molar-refractivity contribution in [2.75, 3.05) is 10.6 Å². The highest BCUT2D eigenvalue weighted by atomic mass is 35.5. The Morgan fingerprint density at radius 1 is 0.700 bits per heavy atom. The second kappa shape index (κ2) is 9.34. The first-order chi connectivity index (χ1) is 13.8. The smallest absolute Gasteiger partial charge is 0.354 e. The van der Waals surface area contributed by atoms with Crippen LogP contribution in [0.3, 0.4) is 0 Å². The molecule has 11 heteroatoms. The van der Waals surface area contributed by atoms with Gasteiger partial charge in [-0.15, -0.1) is 12.4 Å². The lowest BCUT2D eigenvalue weighted by Crippen LogP contribution is -2.10. The maximum absolute atomic E-state index is 11.4. The molecule has 0 radical (unpaired) electrons. The summed E-state index contributed by atoms with van der Waals surface area (Å²) < 4.78 is 0. The molecular formula is C19H15ClN4O6. The molecule has 30 heavy (non-hydrogen) atoms. The van der Waals surface area contributed by atoms with E-state index in [1.165, 1.54) is 24.3 Å². The van der Waals surface area contributed by atoms with Crippen LogP contribution in [0.5, 0.6) is 0 Å². The minimum absolute atomic E-state index is 0. The highest BCUT2D eigenvalue weighted by Crippen LogP contribution is 2.23. The first kappa shape index (κ1) is 22.1. The van der Waals surface area contributed by atoms with Crippen LogP contribution in [0, 0.1) is 0 Å². The number of para-hydroxylation sites is 2. The number of halogens is 1. The normalized spacial score (nSPS) is 9.87. The van der Waals surface area contributed by atoms with Crippen LogP contribution in [0.2, 0.25) is 0 Å². The van der Waals surface area contributed by atoms with Crippen molar-refractivity contribution in [3.63, 3.8) is 0 Å². The van der Waals surface area contributed by atoms with Gasteiger partial charge in [0.05, 0.1) is 22.5 Å². The van der Waals surface area contributed by atoms with Gasteiger partial charge in [0.1, 0.15) is 5.82 Å². The number of rotatable bonds is 7. The fraction of sp³-hybridized carbons (Fsp3) is 0. The van der Waals surface area contributed by atoms with E-state index < -0.39 is 17.9 Å². The highest BCUT2D eigenvalue weighted by Gasteiger charge is 2.16. The van der Waals surface area contributed by atoms with Crippen LogP contribution in [0.1, 0.15) is 31.2 Å². The maximum Gasteiger partial charge on any atom is 0.354 e. The van der Waals surface area contributed by atoms with Gasteiger partial charge >= 0.3 is 17.9 Å². The highest BCUT2D eigenvalue weighted by molar-refractivity contribution is 5.96. The molecule has 0 bridgehead atoms. The summed E-state index contributed by atoms with van der Waals surface area (Å²) >= 11 is 0. The van der Waals surface area contributed by atoms with Crippen molar-refractivity contribution in [3.05, 3.63) is 71.4 Å². The molecule has 0 atom stereocenters. The predicted octanol–water partition coefficient (Wildman–Crippen LogP) is 3.48. The third-order valence-electron chi connectivity index (χ3n) is 3.77. The van der Waals surface area contributed by atoms with Crippen LogP contribution in [-0.4, -0.2) is 43.2 Å². The Hall–Kier alpha value is -4.18. The molecule has 3 rings (SSSR count). The topological polar surface area (TPSA) is 162 Å². The van der Waals surface area contributed by atoms with E-state index in [1.807, 2.05) is 0 Å². The van der Waals surface area contributed by atoms with Crippen molar-refractivity contribution < 1.29 is 29.7 Å². The van der Waals surface area contributed by atoms with Gasteiger partial charge < -0.3 is 26.0 Å². The van der Waals surface area contributed by atoms with Crippen molar-refractivity contribution in [1.82, 2.24) is 9.97 Å². The number of carboxylic acid groups (broad SMARTS) is 3. The first-order valence-electron chi connectivity index (χ1n) is 8.16. The summed E-state index contributed by atoms with van der Waals surface area (Å²) in [6, 6.07) is 13.2. The summed E-state index contributed by atoms with van der Waals surface area (Å²) in [6.07, 6.45) is 0. The summed E-state index contributed by atoms with van der Waals surface area (Å²) in [7, 11) is 0. The molecule has 0 unspecified atom stereocenters. The molecule has 0 aliphatic heterocycles. The van der Waals surface area contributed by atoms with E-state index in [9.17, 15) is 29.7 Å². The summed E-state index contributed by atoms with van der Waals surface area (Å²) in [4.78, 5) is 42.1. The van der Waals surface area contributed by atoms with E-state index in [2.05, 4.69) is 20.6 Å². The molecule has 2 aromatic carbocycles. The molecule has 154 valence electrons. The zero-order valence-corrected chi connectivity index (χ0v) is 15.9. The van der Waals surface area contributed by atoms with Crippen LogP contribution < -0.4 is 10.6 Å². The molecule has 3 aromatic rings. The zero-order valence-electron chi connectivity index (χ0n) is 15.1. The minimum atomic E-state index is -1.34. The van der Waals surface area contributed by atoms with Crippen molar-refractivity contribution in [1.29, 1.82) is 0 Å². The first-order valence-corrected chi connectivity index (χ1v) is 8.16. The SMILES string of the molecule is Cl.O=C(O)c1cc(Nc2ccccc2C(=O)O)nc(Nc2ccccc2C(=O)O)n1. The van der Waals surface area contributed by atoms with Crippen LogP contribution in [0.25, 0.3) is 0 Å². The monoisotopic (exact) mass is 430 g/mol. The Kier molecular flexibility index (Phi) is 6.89. The molecule has 0 fully saturated rings. The zero-order chi connectivity index (χ0) is 21.0. The third-order valence-corrected chi connectivity index (χ3v) is 3.77. The van der Waals surface area contributed by atoms with Gasteiger partial charge in [0.2, 0.25) is 5.95 Å². The maximum atomic E-state index is 11.4. The molecule has 10 nitrogen and oxygen atoms in total. The quantitative estimate of drug-likeness (QED) is 0.375. The number of anilines is 4. The lowest BCUT2D eigenvalue weighted by molar-refractivity contribution is 0.0681. The number of benzene rings is 2. The van der Waals surface area contributed by atoms with Gasteiger partial charge in [-0.05, 0) is 24.3 Å². The number of aromatic carboxylic acids is 3. The molecule has 1 heterocycles. The van der Waals surface area contributed by atoms with Gasteiger partial charge in [0.15, 0.2) is 5.69 Å². The average Bonchev–Trinajstić information content (AvgIpc) is 2.68. The Bertz CT molecular complexity index is 1040. The van der Waals surface area contributed by atoms with E-state index >= 15 is 0 Å². The Labute approximate surface area is 175 Å². The summed E-state index contributed by atoms with van der Waals surface area (Å²) in [5.41, 5.74) is -0.0896. The Morgan fingerprint density at radius 3 is 1.70 bits per heavy atom. The standard InChI is InChI=1S/C19H14N4O6.ClH/c24-16(25)10-5-1-3-7-12(10)20-15-9-14(18(28)29)22-19(23-15)21-13-8-4-2-6-11(13)17(26)27;/h1-9H,(H,24,25)(H,26,27)(H,28,29)(H2,20,21,22,23);1H. The number of nitrogens with zero attached hydrogens (tertiary/aromatic N) is 2. The lowest BCUT2D eigenvalue weighted by atomic mass is 10.2. The molecule has 0 aliphatic rings. The van der Waals surface area contributed by atoms with E-state index in [4.69, 9.17) is 0 Å². The number of carbonyl (C=O) groups is 3. The molecule has 0 aliphatic carbocycles. The van der Waals surface area contributed by atoms with Crippen LogP contribution in [-0.2, 0) is 0 Å². The number of aromatic nitrogens is 2. The number of carboxylic acids is 3. The number of hydrogen-bond donors (Lipinski definition) is 5. The van der Waals surface area contributed by atoms with Gasteiger partial charge in [0.25, 0.3) is 0 Å². The number of nitrogens with one attached hydrogen (secondary N) is 2. The van der Waals surface area contributed by atoms with Gasteiger partial charge in [0, 0.05) is 6.07 Å². The van der Waals surface area contributed by atoms with Gasteiger partial charge in [-0.25, -0.2) is 19.4 Å². The van der Waals surface area contributed by atoms with Gasteiger partial charge in [-0.1, -0.05) is 24.3 Å². The van der Waals surface area contributed by atoms with Gasteiger partial charge in [-0.2, -0.15) is 4.98 Å². The average molecular weight is 431 g/mol. The molecule has 0 spiro atoms. The predicted molar refractivity (Wildman–Crippen MR) is 110 cm³/mol. The van der Waals surface area contributed by atoms with Crippen molar-refractivity contribution in [2.24, 2.45) is 0 Å². The Morgan fingerprint density at radius 2 is 1.20 bits per heavy atom. The van der Waals surface area contributed by atoms with Crippen LogP contribution in [0.4, 0.5) is 23.1 Å². The van der Waals surface area contributed by atoms with Crippen molar-refractivity contribution >= 4 is 53.5 Å². The van der Waals surface area contributed by atoms with E-state index in [0.717, 1.165) is 6.07 Å². The minimum Gasteiger partial charge on any atom is -0.478 e. The van der Waals surface area contributed by atoms with E-state index in [0.29, 0.717) is 0 Å². The van der Waals surface area contributed by atoms with E-state index in [-0.39, 0.29) is 52.4 Å². The van der Waals surface area contributed by atoms with Gasteiger partial charge in [-0.3, -0.25) is 0 Å². The molecule has 0 saturated heterocycles. The van der Waals surface area contributed by atoms with Crippen molar-refractivity contribution in [3.8, 4) is 0 Å². The largest absolute Gasteiger partial charge is 0.478 e. The second-order valence-corrected chi connectivity index (χ2v) is 5.72. The molecular weight excluding hydrogens is 416 g/mol. The summed E-state index contributed by atoms with van der Waals surface area (Å²) in [5, 5.41) is 33.3. The summed E-state index contributed by atoms with van der Waals surface area (Å²) in [5.74, 6) is -3.85. The van der Waals surface area contributed by atoms with Crippen LogP contribution >= 0.6 is 12.4 Å². The molecule has 0 amide bonds. The number of hydrogen-bond acceptors (Lipinski definition) is 7. The second-order valence-electron chi connectivity index (χ2n) is 5.72. The molecule has 5 N–H and O–H groups in total. The third kappa shape index (κ3) is 5.00. The fourth-order valence-corrected chi connectivity index (χ4v) is 2.49. The summed E-state index contributed by atoms with van der Waals surface area (Å²) in [6.45, 7) is 0. The van der Waals surface area contributed by atoms with E-state index in [1.54, 1.807) is 24.3 Å². The fourth-order valence-electron chi connectivity index (χ4n) is 2.49.